The van der Waals surface area contributed by atoms with Crippen LogP contribution < -0.4 is 5.32 Å². The molecule has 0 aromatic rings. The molecule has 1 heterocycles. The third-order valence-corrected chi connectivity index (χ3v) is 9.14. The zero-order valence-electron chi connectivity index (χ0n) is 33.9. The summed E-state index contributed by atoms with van der Waals surface area (Å²) in [6.45, 7) is 3.53. The number of carbonyl (C=O) groups excluding carboxylic acids is 1. The van der Waals surface area contributed by atoms with Crippen LogP contribution in [-0.2, 0) is 14.3 Å². The molecule has 55 heavy (non-hydrogen) atoms. The summed E-state index contributed by atoms with van der Waals surface area (Å²) in [6, 6.07) is -0.839. The number of aliphatic hydroxyl groups excluding tert-OH is 5. The summed E-state index contributed by atoms with van der Waals surface area (Å²) in [5, 5.41) is 53.9. The van der Waals surface area contributed by atoms with Crippen molar-refractivity contribution in [2.75, 3.05) is 13.2 Å². The van der Waals surface area contributed by atoms with Gasteiger partial charge in [-0.05, 0) is 83.5 Å². The first kappa shape index (κ1) is 50.1. The Balaban J connectivity index is 2.37. The molecular formula is C46H75NO8. The maximum atomic E-state index is 12.9. The molecule has 9 heteroatoms. The van der Waals surface area contributed by atoms with E-state index in [0.29, 0.717) is 12.8 Å². The van der Waals surface area contributed by atoms with E-state index < -0.39 is 49.5 Å². The Labute approximate surface area is 333 Å². The van der Waals surface area contributed by atoms with Gasteiger partial charge in [0.25, 0.3) is 0 Å². The van der Waals surface area contributed by atoms with Gasteiger partial charge in [0.05, 0.1) is 25.4 Å². The van der Waals surface area contributed by atoms with Crippen molar-refractivity contribution in [3.05, 3.63) is 97.2 Å². The summed E-state index contributed by atoms with van der Waals surface area (Å²) in [6.07, 6.45) is 43.2. The van der Waals surface area contributed by atoms with Crippen LogP contribution in [0.4, 0.5) is 0 Å². The van der Waals surface area contributed by atoms with Gasteiger partial charge in [0.2, 0.25) is 5.91 Å². The highest BCUT2D eigenvalue weighted by Gasteiger charge is 2.44. The molecule has 1 saturated heterocycles. The van der Waals surface area contributed by atoms with Crippen molar-refractivity contribution in [2.45, 2.75) is 172 Å². The fourth-order valence-corrected chi connectivity index (χ4v) is 5.76. The monoisotopic (exact) mass is 770 g/mol. The number of nitrogens with one attached hydrogen (secondary N) is 1. The zero-order valence-corrected chi connectivity index (χ0v) is 33.9. The first-order valence-corrected chi connectivity index (χ1v) is 21.0. The number of ether oxygens (including phenoxy) is 2. The molecule has 0 aliphatic carbocycles. The number of aliphatic hydroxyl groups is 5. The molecular weight excluding hydrogens is 695 g/mol. The van der Waals surface area contributed by atoms with Gasteiger partial charge in [-0.15, -0.1) is 0 Å². The Morgan fingerprint density at radius 2 is 1.15 bits per heavy atom. The molecule has 1 aliphatic rings. The van der Waals surface area contributed by atoms with Crippen LogP contribution in [0.2, 0.25) is 0 Å². The molecule has 312 valence electrons. The maximum Gasteiger partial charge on any atom is 0.220 e. The van der Waals surface area contributed by atoms with Crippen molar-refractivity contribution in [1.82, 2.24) is 5.32 Å². The largest absolute Gasteiger partial charge is 0.394 e. The van der Waals surface area contributed by atoms with Crippen LogP contribution in [0.25, 0.3) is 0 Å². The second-order valence-electron chi connectivity index (χ2n) is 14.0. The summed E-state index contributed by atoms with van der Waals surface area (Å²) < 4.78 is 11.1. The van der Waals surface area contributed by atoms with Crippen LogP contribution in [0.3, 0.4) is 0 Å². The Kier molecular flexibility index (Phi) is 32.4. The van der Waals surface area contributed by atoms with Crippen LogP contribution in [0, 0.1) is 0 Å². The number of rotatable bonds is 32. The van der Waals surface area contributed by atoms with Gasteiger partial charge in [-0.25, -0.2) is 0 Å². The normalized spacial score (nSPS) is 22.3. The third kappa shape index (κ3) is 26.6. The van der Waals surface area contributed by atoms with E-state index in [9.17, 15) is 30.3 Å². The lowest BCUT2D eigenvalue weighted by molar-refractivity contribution is -0.302. The quantitative estimate of drug-likeness (QED) is 0.0297. The summed E-state index contributed by atoms with van der Waals surface area (Å²) in [7, 11) is 0. The Bertz CT molecular complexity index is 1170. The lowest BCUT2D eigenvalue weighted by Gasteiger charge is -2.40. The van der Waals surface area contributed by atoms with Gasteiger partial charge < -0.3 is 40.3 Å². The van der Waals surface area contributed by atoms with Crippen LogP contribution in [0.15, 0.2) is 97.2 Å². The van der Waals surface area contributed by atoms with E-state index in [0.717, 1.165) is 83.5 Å². The molecule has 0 bridgehead atoms. The van der Waals surface area contributed by atoms with Crippen LogP contribution in [0.1, 0.15) is 129 Å². The Hall–Kier alpha value is -2.89. The van der Waals surface area contributed by atoms with E-state index >= 15 is 0 Å². The molecule has 0 saturated carbocycles. The van der Waals surface area contributed by atoms with E-state index in [1.54, 1.807) is 6.08 Å². The van der Waals surface area contributed by atoms with Gasteiger partial charge >= 0.3 is 0 Å². The second kappa shape index (κ2) is 35.5. The van der Waals surface area contributed by atoms with Crippen molar-refractivity contribution in [3.8, 4) is 0 Å². The number of unbranched alkanes of at least 4 members (excludes halogenated alkanes) is 8. The van der Waals surface area contributed by atoms with Gasteiger partial charge in [-0.1, -0.05) is 137 Å². The van der Waals surface area contributed by atoms with Crippen molar-refractivity contribution in [2.24, 2.45) is 0 Å². The highest BCUT2D eigenvalue weighted by atomic mass is 16.7. The first-order valence-electron chi connectivity index (χ1n) is 21.0. The summed E-state index contributed by atoms with van der Waals surface area (Å²) in [5.74, 6) is -0.221. The van der Waals surface area contributed by atoms with E-state index in [2.05, 4.69) is 104 Å². The maximum absolute atomic E-state index is 12.9. The smallest absolute Gasteiger partial charge is 0.220 e. The first-order chi connectivity index (χ1) is 26.8. The second-order valence-corrected chi connectivity index (χ2v) is 14.0. The average molecular weight is 770 g/mol. The lowest BCUT2D eigenvalue weighted by Crippen LogP contribution is -2.60. The number of amides is 1. The predicted molar refractivity (Wildman–Crippen MR) is 225 cm³/mol. The van der Waals surface area contributed by atoms with Crippen molar-refractivity contribution < 1.29 is 39.8 Å². The highest BCUT2D eigenvalue weighted by molar-refractivity contribution is 5.76. The van der Waals surface area contributed by atoms with Gasteiger partial charge in [0, 0.05) is 6.42 Å². The van der Waals surface area contributed by atoms with Crippen molar-refractivity contribution in [1.29, 1.82) is 0 Å². The van der Waals surface area contributed by atoms with Crippen LogP contribution in [0.5, 0.6) is 0 Å². The zero-order chi connectivity index (χ0) is 40.2. The Morgan fingerprint density at radius 1 is 0.636 bits per heavy atom. The summed E-state index contributed by atoms with van der Waals surface area (Å²) in [5.41, 5.74) is 0. The molecule has 7 unspecified atom stereocenters. The predicted octanol–water partition coefficient (Wildman–Crippen LogP) is 8.16. The molecule has 0 radical (unpaired) electrons. The summed E-state index contributed by atoms with van der Waals surface area (Å²) >= 11 is 0. The molecule has 1 aliphatic heterocycles. The topological polar surface area (TPSA) is 149 Å². The minimum atomic E-state index is -1.58. The molecule has 1 amide bonds. The molecule has 0 spiro atoms. The van der Waals surface area contributed by atoms with E-state index in [-0.39, 0.29) is 12.5 Å². The number of hydrogen-bond donors (Lipinski definition) is 6. The van der Waals surface area contributed by atoms with Crippen LogP contribution >= 0.6 is 0 Å². The fraction of sp³-hybridized carbons (Fsp3) is 0.630. The average Bonchev–Trinajstić information content (AvgIpc) is 3.18. The number of carbonyl (C=O) groups is 1. The fourth-order valence-electron chi connectivity index (χ4n) is 5.76. The highest BCUT2D eigenvalue weighted by Crippen LogP contribution is 2.22. The Morgan fingerprint density at radius 3 is 1.73 bits per heavy atom. The van der Waals surface area contributed by atoms with Crippen LogP contribution in [-0.4, -0.2) is 87.5 Å². The minimum absolute atomic E-state index is 0.219. The molecule has 6 N–H and O–H groups in total. The third-order valence-electron chi connectivity index (χ3n) is 9.14. The molecule has 0 aromatic heterocycles. The molecule has 1 fully saturated rings. The van der Waals surface area contributed by atoms with Crippen molar-refractivity contribution >= 4 is 5.91 Å². The van der Waals surface area contributed by atoms with Crippen molar-refractivity contribution in [3.63, 3.8) is 0 Å². The molecule has 1 rings (SSSR count). The van der Waals surface area contributed by atoms with Gasteiger partial charge in [0.1, 0.15) is 24.4 Å². The summed E-state index contributed by atoms with van der Waals surface area (Å²) in [4.78, 5) is 12.9. The lowest BCUT2D eigenvalue weighted by atomic mass is 9.99. The SMILES string of the molecule is CC/C=C\C/C=C\C/C=C\C/C=C\C/C=C\C/C=C\CCCCCCC(=O)NC(COC1OC(CO)C(O)C(O)C1O)C(O)/C=C/CC/C=C/CCCCC. The molecule has 7 atom stereocenters. The number of hydrogen-bond acceptors (Lipinski definition) is 8. The van der Waals surface area contributed by atoms with E-state index in [4.69, 9.17) is 9.47 Å². The van der Waals surface area contributed by atoms with Gasteiger partial charge in [-0.3, -0.25) is 4.79 Å². The van der Waals surface area contributed by atoms with Gasteiger partial charge in [0.15, 0.2) is 6.29 Å². The van der Waals surface area contributed by atoms with E-state index in [1.807, 2.05) is 6.08 Å². The number of allylic oxidation sites excluding steroid dienone is 15. The molecule has 9 nitrogen and oxygen atoms in total. The van der Waals surface area contributed by atoms with Gasteiger partial charge in [-0.2, -0.15) is 0 Å². The minimum Gasteiger partial charge on any atom is -0.394 e. The standard InChI is InChI=1S/C46H75NO8/c1-3-5-7-9-11-13-14-15-16-17-18-19-20-21-22-23-24-25-26-28-30-32-34-36-42(50)47-39(40(49)35-33-31-29-27-12-10-8-6-4-2)38-54-46-45(53)44(52)43(51)41(37-48)55-46/h5,7,11-13,15-16,18-19,21-22,24-25,27,33,35,39-41,43-46,48-49,51-53H,3-4,6,8-10,14,17,20,23,26,28-32,34,36-38H2,1-2H3,(H,47,50)/b7-5-,13-11-,16-15-,19-18-,22-21-,25-24-,27-12+,35-33+. The van der Waals surface area contributed by atoms with E-state index in [1.165, 1.54) is 19.3 Å². The molecule has 0 aromatic carbocycles.